The van der Waals surface area contributed by atoms with Crippen molar-refractivity contribution in [3.63, 3.8) is 0 Å². The highest BCUT2D eigenvalue weighted by Crippen LogP contribution is 2.30. The highest BCUT2D eigenvalue weighted by atomic mass is 32.2. The Morgan fingerprint density at radius 1 is 1.38 bits per heavy atom. The molecule has 0 heterocycles. The molecule has 1 rings (SSSR count). The second-order valence-corrected chi connectivity index (χ2v) is 5.88. The van der Waals surface area contributed by atoms with Crippen molar-refractivity contribution < 1.29 is 22.2 Å². The predicted molar refractivity (Wildman–Crippen MR) is 77.4 cm³/mol. The van der Waals surface area contributed by atoms with Gasteiger partial charge in [0.25, 0.3) is 0 Å². The first-order valence-electron chi connectivity index (χ1n) is 6.26. The van der Waals surface area contributed by atoms with Gasteiger partial charge in [-0.15, -0.1) is 0 Å². The van der Waals surface area contributed by atoms with Crippen molar-refractivity contribution in [1.29, 1.82) is 0 Å². The van der Waals surface area contributed by atoms with E-state index in [1.54, 1.807) is 19.1 Å². The molecule has 21 heavy (non-hydrogen) atoms. The summed E-state index contributed by atoms with van der Waals surface area (Å²) in [5, 5.41) is 2.37. The third-order valence-electron chi connectivity index (χ3n) is 2.55. The van der Waals surface area contributed by atoms with E-state index in [1.807, 2.05) is 0 Å². The second-order valence-electron chi connectivity index (χ2n) is 4.26. The Labute approximate surface area is 123 Å². The van der Waals surface area contributed by atoms with E-state index in [1.165, 1.54) is 12.1 Å². The zero-order valence-electron chi connectivity index (χ0n) is 11.4. The fourth-order valence-electron chi connectivity index (χ4n) is 1.49. The SMILES string of the molecule is CC=CCS(=O)CCC(=O)Nc1cccc(C(F)(F)F)c1. The molecule has 1 aromatic rings. The van der Waals surface area contributed by atoms with Crippen LogP contribution in [0, 0.1) is 0 Å². The van der Waals surface area contributed by atoms with Crippen molar-refractivity contribution in [3.8, 4) is 0 Å². The van der Waals surface area contributed by atoms with Crippen LogP contribution in [0.4, 0.5) is 18.9 Å². The number of hydrogen-bond donors (Lipinski definition) is 1. The average molecular weight is 319 g/mol. The third kappa shape index (κ3) is 6.57. The van der Waals surface area contributed by atoms with Crippen molar-refractivity contribution in [3.05, 3.63) is 42.0 Å². The van der Waals surface area contributed by atoms with E-state index in [9.17, 15) is 22.2 Å². The number of halogens is 3. The van der Waals surface area contributed by atoms with Crippen LogP contribution in [0.25, 0.3) is 0 Å². The lowest BCUT2D eigenvalue weighted by Crippen LogP contribution is -2.16. The summed E-state index contributed by atoms with van der Waals surface area (Å²) in [6.45, 7) is 1.80. The zero-order valence-corrected chi connectivity index (χ0v) is 12.3. The molecule has 0 saturated heterocycles. The van der Waals surface area contributed by atoms with E-state index >= 15 is 0 Å². The molecule has 0 fully saturated rings. The molecule has 0 aliphatic carbocycles. The fraction of sp³-hybridized carbons (Fsp3) is 0.357. The van der Waals surface area contributed by atoms with E-state index in [0.717, 1.165) is 12.1 Å². The summed E-state index contributed by atoms with van der Waals surface area (Å²) in [4.78, 5) is 11.6. The maximum absolute atomic E-state index is 12.5. The Morgan fingerprint density at radius 2 is 2.10 bits per heavy atom. The molecule has 0 radical (unpaired) electrons. The predicted octanol–water partition coefficient (Wildman–Crippen LogP) is 3.36. The smallest absolute Gasteiger partial charge is 0.326 e. The molecule has 1 amide bonds. The van der Waals surface area contributed by atoms with Gasteiger partial charge >= 0.3 is 6.18 Å². The monoisotopic (exact) mass is 319 g/mol. The van der Waals surface area contributed by atoms with Crippen molar-refractivity contribution in [1.82, 2.24) is 0 Å². The summed E-state index contributed by atoms with van der Waals surface area (Å²) >= 11 is 0. The van der Waals surface area contributed by atoms with Crippen molar-refractivity contribution in [2.75, 3.05) is 16.8 Å². The van der Waals surface area contributed by atoms with E-state index in [4.69, 9.17) is 0 Å². The van der Waals surface area contributed by atoms with Crippen LogP contribution >= 0.6 is 0 Å². The van der Waals surface area contributed by atoms with Crippen LogP contribution in [0.3, 0.4) is 0 Å². The van der Waals surface area contributed by atoms with Gasteiger partial charge < -0.3 is 5.32 Å². The van der Waals surface area contributed by atoms with Gasteiger partial charge in [-0.05, 0) is 25.1 Å². The van der Waals surface area contributed by atoms with Crippen LogP contribution < -0.4 is 5.32 Å². The topological polar surface area (TPSA) is 46.2 Å². The number of alkyl halides is 3. The molecule has 0 aliphatic heterocycles. The molecule has 3 nitrogen and oxygen atoms in total. The normalized spacial score (nSPS) is 13.3. The van der Waals surface area contributed by atoms with Crippen LogP contribution in [-0.2, 0) is 21.8 Å². The van der Waals surface area contributed by atoms with Crippen LogP contribution in [0.5, 0.6) is 0 Å². The van der Waals surface area contributed by atoms with E-state index in [2.05, 4.69) is 5.32 Å². The Bertz CT molecular complexity index is 541. The largest absolute Gasteiger partial charge is 0.416 e. The number of allylic oxidation sites excluding steroid dienone is 1. The van der Waals surface area contributed by atoms with Gasteiger partial charge in [-0.3, -0.25) is 9.00 Å². The van der Waals surface area contributed by atoms with Gasteiger partial charge in [-0.1, -0.05) is 18.2 Å². The zero-order chi connectivity index (χ0) is 15.9. The third-order valence-corrected chi connectivity index (χ3v) is 3.77. The van der Waals surface area contributed by atoms with Crippen molar-refractivity contribution in [2.45, 2.75) is 19.5 Å². The number of anilines is 1. The van der Waals surface area contributed by atoms with Crippen LogP contribution in [0.1, 0.15) is 18.9 Å². The molecule has 7 heteroatoms. The molecule has 0 aromatic heterocycles. The molecule has 0 aliphatic rings. The molecule has 1 unspecified atom stereocenters. The molecule has 1 N–H and O–H groups in total. The van der Waals surface area contributed by atoms with Gasteiger partial charge in [-0.25, -0.2) is 0 Å². The Balaban J connectivity index is 2.54. The maximum atomic E-state index is 12.5. The number of carbonyl (C=O) groups is 1. The first-order chi connectivity index (χ1) is 9.82. The van der Waals surface area contributed by atoms with Crippen LogP contribution in [-0.4, -0.2) is 21.6 Å². The molecule has 1 aromatic carbocycles. The molecular formula is C14H16F3NO2S. The first kappa shape index (κ1) is 17.4. The summed E-state index contributed by atoms with van der Waals surface area (Å²) in [7, 11) is -1.14. The van der Waals surface area contributed by atoms with Gasteiger partial charge in [0.05, 0.1) is 5.56 Å². The highest BCUT2D eigenvalue weighted by Gasteiger charge is 2.30. The minimum absolute atomic E-state index is 0.000408. The first-order valence-corrected chi connectivity index (χ1v) is 7.75. The number of hydrogen-bond acceptors (Lipinski definition) is 2. The number of benzene rings is 1. The van der Waals surface area contributed by atoms with E-state index in [-0.39, 0.29) is 17.9 Å². The van der Waals surface area contributed by atoms with Crippen molar-refractivity contribution >= 4 is 22.4 Å². The Kier molecular flexibility index (Phi) is 6.61. The maximum Gasteiger partial charge on any atom is 0.416 e. The lowest BCUT2D eigenvalue weighted by atomic mass is 10.2. The highest BCUT2D eigenvalue weighted by molar-refractivity contribution is 7.85. The van der Waals surface area contributed by atoms with Crippen LogP contribution in [0.15, 0.2) is 36.4 Å². The standard InChI is InChI=1S/C14H16F3NO2S/c1-2-3-8-21(20)9-7-13(19)18-12-6-4-5-11(10-12)14(15,16)17/h2-6,10H,7-9H2,1H3,(H,18,19). The number of carbonyl (C=O) groups excluding carboxylic acids is 1. The van der Waals surface area contributed by atoms with Gasteiger partial charge in [0.15, 0.2) is 0 Å². The summed E-state index contributed by atoms with van der Waals surface area (Å²) < 4.78 is 49.0. The van der Waals surface area contributed by atoms with Gasteiger partial charge in [0.2, 0.25) is 5.91 Å². The Morgan fingerprint density at radius 3 is 2.71 bits per heavy atom. The second kappa shape index (κ2) is 7.97. The van der Waals surface area contributed by atoms with E-state index in [0.29, 0.717) is 5.75 Å². The van der Waals surface area contributed by atoms with Crippen molar-refractivity contribution in [2.24, 2.45) is 0 Å². The lowest BCUT2D eigenvalue weighted by molar-refractivity contribution is -0.137. The minimum atomic E-state index is -4.45. The van der Waals surface area contributed by atoms with E-state index < -0.39 is 28.4 Å². The quantitative estimate of drug-likeness (QED) is 0.817. The molecule has 0 bridgehead atoms. The molecule has 0 saturated carbocycles. The minimum Gasteiger partial charge on any atom is -0.326 e. The summed E-state index contributed by atoms with van der Waals surface area (Å²) in [5.74, 6) is 0.0887. The van der Waals surface area contributed by atoms with Crippen LogP contribution in [0.2, 0.25) is 0 Å². The molecular weight excluding hydrogens is 303 g/mol. The summed E-state index contributed by atoms with van der Waals surface area (Å²) in [5.41, 5.74) is -0.744. The molecule has 116 valence electrons. The molecule has 0 spiro atoms. The average Bonchev–Trinajstić information content (AvgIpc) is 2.42. The number of rotatable bonds is 6. The lowest BCUT2D eigenvalue weighted by Gasteiger charge is -2.09. The number of nitrogens with one attached hydrogen (secondary N) is 1. The number of amides is 1. The van der Waals surface area contributed by atoms with Gasteiger partial charge in [0.1, 0.15) is 0 Å². The fourth-order valence-corrected chi connectivity index (χ4v) is 2.48. The summed E-state index contributed by atoms with van der Waals surface area (Å²) in [6, 6.07) is 4.41. The molecule has 1 atom stereocenters. The Hall–Kier alpha value is -1.63. The van der Waals surface area contributed by atoms with Gasteiger partial charge in [0, 0.05) is 34.4 Å². The van der Waals surface area contributed by atoms with Gasteiger partial charge in [-0.2, -0.15) is 13.2 Å². The summed E-state index contributed by atoms with van der Waals surface area (Å²) in [6.07, 6.45) is -0.948.